The Kier molecular flexibility index (Phi) is 3.32. The van der Waals surface area contributed by atoms with Crippen molar-refractivity contribution in [2.45, 2.75) is 37.8 Å². The predicted octanol–water partition coefficient (Wildman–Crippen LogP) is 4.05. The molecule has 2 aromatic rings. The molecular formula is C19H20N2. The Labute approximate surface area is 125 Å². The first kappa shape index (κ1) is 12.8. The maximum absolute atomic E-state index is 4.46. The number of pyridine rings is 1. The number of fused-ring (bicyclic) bond motifs is 3. The van der Waals surface area contributed by atoms with E-state index in [1.807, 2.05) is 12.4 Å². The van der Waals surface area contributed by atoms with Gasteiger partial charge >= 0.3 is 0 Å². The molecule has 3 heterocycles. The van der Waals surface area contributed by atoms with E-state index in [4.69, 9.17) is 0 Å². The lowest BCUT2D eigenvalue weighted by atomic mass is 9.84. The second kappa shape index (κ2) is 5.45. The largest absolute Gasteiger partial charge is 0.311 e. The highest BCUT2D eigenvalue weighted by Gasteiger charge is 2.28. The summed E-state index contributed by atoms with van der Waals surface area (Å²) in [5, 5.41) is 3.63. The third-order valence-electron chi connectivity index (χ3n) is 4.67. The molecule has 1 saturated heterocycles. The van der Waals surface area contributed by atoms with Crippen molar-refractivity contribution in [1.29, 1.82) is 0 Å². The second-order valence-corrected chi connectivity index (χ2v) is 6.13. The van der Waals surface area contributed by atoms with Crippen molar-refractivity contribution in [1.82, 2.24) is 10.3 Å². The van der Waals surface area contributed by atoms with Crippen LogP contribution in [0.1, 0.15) is 31.2 Å². The van der Waals surface area contributed by atoms with Crippen LogP contribution in [0.5, 0.6) is 0 Å². The molecule has 0 saturated carbocycles. The number of rotatable bonds is 2. The van der Waals surface area contributed by atoms with Gasteiger partial charge in [-0.3, -0.25) is 4.98 Å². The van der Waals surface area contributed by atoms with Crippen LogP contribution in [0.2, 0.25) is 0 Å². The third kappa shape index (κ3) is 2.64. The Morgan fingerprint density at radius 3 is 2.62 bits per heavy atom. The average Bonchev–Trinajstić information content (AvgIpc) is 2.46. The van der Waals surface area contributed by atoms with E-state index in [0.29, 0.717) is 6.04 Å². The van der Waals surface area contributed by atoms with Gasteiger partial charge in [-0.05, 0) is 48.4 Å². The summed E-state index contributed by atoms with van der Waals surface area (Å²) in [6, 6.07) is 14.2. The highest BCUT2D eigenvalue weighted by molar-refractivity contribution is 5.71. The monoisotopic (exact) mass is 276 g/mol. The van der Waals surface area contributed by atoms with Gasteiger partial charge in [-0.25, -0.2) is 0 Å². The molecule has 2 heteroatoms. The lowest BCUT2D eigenvalue weighted by Crippen LogP contribution is -2.52. The smallest absolute Gasteiger partial charge is 0.0346 e. The molecule has 1 fully saturated rings. The summed E-state index contributed by atoms with van der Waals surface area (Å²) in [6.45, 7) is 0. The fraction of sp³-hybridized carbons (Fsp3) is 0.316. The topological polar surface area (TPSA) is 24.9 Å². The molecule has 2 nitrogen and oxygen atoms in total. The van der Waals surface area contributed by atoms with E-state index in [1.165, 1.54) is 35.1 Å². The van der Waals surface area contributed by atoms with E-state index in [9.17, 15) is 0 Å². The average molecular weight is 276 g/mol. The highest BCUT2D eigenvalue weighted by Crippen LogP contribution is 2.31. The Morgan fingerprint density at radius 1 is 0.952 bits per heavy atom. The van der Waals surface area contributed by atoms with Gasteiger partial charge in [0.05, 0.1) is 0 Å². The lowest BCUT2D eigenvalue weighted by molar-refractivity contribution is 0.251. The van der Waals surface area contributed by atoms with Crippen LogP contribution in [-0.4, -0.2) is 17.1 Å². The van der Waals surface area contributed by atoms with Gasteiger partial charge in [0.1, 0.15) is 0 Å². The minimum Gasteiger partial charge on any atom is -0.311 e. The van der Waals surface area contributed by atoms with Gasteiger partial charge in [0, 0.05) is 30.0 Å². The van der Waals surface area contributed by atoms with E-state index >= 15 is 0 Å². The molecule has 0 radical (unpaired) electrons. The van der Waals surface area contributed by atoms with Crippen LogP contribution in [0.15, 0.2) is 54.9 Å². The van der Waals surface area contributed by atoms with Crippen LogP contribution < -0.4 is 5.32 Å². The Hall–Kier alpha value is -1.93. The number of allylic oxidation sites excluding steroid dienone is 1. The van der Waals surface area contributed by atoms with Crippen molar-refractivity contribution in [3.8, 4) is 11.1 Å². The summed E-state index contributed by atoms with van der Waals surface area (Å²) < 4.78 is 0. The maximum atomic E-state index is 4.46. The SMILES string of the molecule is C1=C(/c2cncc(-c3ccccc3)c2)CCC2CC(C/1)N2. The van der Waals surface area contributed by atoms with Gasteiger partial charge in [-0.1, -0.05) is 36.4 Å². The van der Waals surface area contributed by atoms with E-state index < -0.39 is 0 Å². The summed E-state index contributed by atoms with van der Waals surface area (Å²) in [7, 11) is 0. The van der Waals surface area contributed by atoms with Crippen LogP contribution in [0.3, 0.4) is 0 Å². The Bertz CT molecular complexity index is 654. The molecule has 1 aliphatic carbocycles. The van der Waals surface area contributed by atoms with Crippen LogP contribution in [0.25, 0.3) is 16.7 Å². The third-order valence-corrected chi connectivity index (χ3v) is 4.67. The molecule has 1 N–H and O–H groups in total. The zero-order chi connectivity index (χ0) is 14.1. The molecule has 3 aliphatic rings. The number of benzene rings is 1. The molecule has 0 amide bonds. The van der Waals surface area contributed by atoms with Crippen molar-refractivity contribution in [3.05, 3.63) is 60.4 Å². The molecule has 2 unspecified atom stereocenters. The summed E-state index contributed by atoms with van der Waals surface area (Å²) in [5.74, 6) is 0. The molecule has 21 heavy (non-hydrogen) atoms. The number of hydrogen-bond acceptors (Lipinski definition) is 2. The molecule has 2 atom stereocenters. The maximum Gasteiger partial charge on any atom is 0.0346 e. The number of nitrogens with one attached hydrogen (secondary N) is 1. The number of aromatic nitrogens is 1. The van der Waals surface area contributed by atoms with Crippen molar-refractivity contribution in [3.63, 3.8) is 0 Å². The first-order valence-electron chi connectivity index (χ1n) is 7.84. The minimum atomic E-state index is 0.704. The highest BCUT2D eigenvalue weighted by atomic mass is 15.0. The van der Waals surface area contributed by atoms with Gasteiger partial charge < -0.3 is 5.32 Å². The van der Waals surface area contributed by atoms with Crippen molar-refractivity contribution >= 4 is 5.57 Å². The molecule has 1 aromatic heterocycles. The van der Waals surface area contributed by atoms with Crippen molar-refractivity contribution in [2.24, 2.45) is 0 Å². The van der Waals surface area contributed by atoms with Gasteiger partial charge in [0.2, 0.25) is 0 Å². The zero-order valence-electron chi connectivity index (χ0n) is 12.1. The standard InChI is InChI=1S/C19H20N2/c1-2-4-14(5-3-1)16-10-17(13-20-12-16)15-6-8-18-11-19(21-18)9-7-15/h1-6,10,12-13,18-19,21H,7-9,11H2/b15-6+. The normalized spacial score (nSPS) is 27.0. The Balaban J connectivity index is 1.64. The van der Waals surface area contributed by atoms with Gasteiger partial charge in [0.25, 0.3) is 0 Å². The Morgan fingerprint density at radius 2 is 1.76 bits per heavy atom. The summed E-state index contributed by atoms with van der Waals surface area (Å²) >= 11 is 0. The summed E-state index contributed by atoms with van der Waals surface area (Å²) in [4.78, 5) is 4.46. The van der Waals surface area contributed by atoms with Crippen molar-refractivity contribution in [2.75, 3.05) is 0 Å². The molecule has 1 aromatic carbocycles. The second-order valence-electron chi connectivity index (χ2n) is 6.13. The number of nitrogens with zero attached hydrogens (tertiary/aromatic N) is 1. The van der Waals surface area contributed by atoms with Crippen LogP contribution in [-0.2, 0) is 0 Å². The first-order valence-corrected chi connectivity index (χ1v) is 7.84. The molecular weight excluding hydrogens is 256 g/mol. The van der Waals surface area contributed by atoms with Gasteiger partial charge in [0.15, 0.2) is 0 Å². The van der Waals surface area contributed by atoms with Crippen LogP contribution in [0.4, 0.5) is 0 Å². The molecule has 0 spiro atoms. The number of hydrogen-bond donors (Lipinski definition) is 1. The molecule has 5 rings (SSSR count). The molecule has 2 aliphatic heterocycles. The quantitative estimate of drug-likeness (QED) is 0.895. The molecule has 2 bridgehead atoms. The van der Waals surface area contributed by atoms with Crippen LogP contribution >= 0.6 is 0 Å². The fourth-order valence-corrected chi connectivity index (χ4v) is 3.40. The summed E-state index contributed by atoms with van der Waals surface area (Å²) in [5.41, 5.74) is 5.20. The first-order chi connectivity index (χ1) is 10.4. The van der Waals surface area contributed by atoms with E-state index in [2.05, 4.69) is 52.8 Å². The lowest BCUT2D eigenvalue weighted by Gasteiger charge is -2.39. The van der Waals surface area contributed by atoms with Gasteiger partial charge in [-0.2, -0.15) is 0 Å². The minimum absolute atomic E-state index is 0.704. The van der Waals surface area contributed by atoms with Crippen LogP contribution in [0, 0.1) is 0 Å². The zero-order valence-corrected chi connectivity index (χ0v) is 12.1. The van der Waals surface area contributed by atoms with E-state index in [0.717, 1.165) is 18.9 Å². The van der Waals surface area contributed by atoms with Crippen molar-refractivity contribution < 1.29 is 0 Å². The van der Waals surface area contributed by atoms with E-state index in [-0.39, 0.29) is 0 Å². The van der Waals surface area contributed by atoms with E-state index in [1.54, 1.807) is 0 Å². The predicted molar refractivity (Wildman–Crippen MR) is 86.8 cm³/mol. The molecule has 106 valence electrons. The van der Waals surface area contributed by atoms with Gasteiger partial charge in [-0.15, -0.1) is 0 Å². The fourth-order valence-electron chi connectivity index (χ4n) is 3.40. The summed E-state index contributed by atoms with van der Waals surface area (Å²) in [6.07, 6.45) is 11.3.